The molecule has 17 heavy (non-hydrogen) atoms. The third-order valence-corrected chi connectivity index (χ3v) is 2.44. The Labute approximate surface area is 104 Å². The minimum Gasteiger partial charge on any atom is -0.451 e. The third-order valence-electron chi connectivity index (χ3n) is 2.20. The lowest BCUT2D eigenvalue weighted by Crippen LogP contribution is -2.24. The van der Waals surface area contributed by atoms with Crippen LogP contribution in [0.4, 0.5) is 0 Å². The van der Waals surface area contributed by atoms with Crippen LogP contribution in [0.25, 0.3) is 0 Å². The molecule has 0 saturated heterocycles. The van der Waals surface area contributed by atoms with Crippen LogP contribution < -0.4 is 0 Å². The molecule has 0 aromatic heterocycles. The van der Waals surface area contributed by atoms with Crippen LogP contribution in [0.3, 0.4) is 0 Å². The number of ketones is 1. The summed E-state index contributed by atoms with van der Waals surface area (Å²) in [6.07, 6.45) is 0.0153. The highest BCUT2D eigenvalue weighted by atomic mass is 31.0. The van der Waals surface area contributed by atoms with Crippen LogP contribution in [0.5, 0.6) is 0 Å². The highest BCUT2D eigenvalue weighted by Crippen LogP contribution is 2.07. The van der Waals surface area contributed by atoms with Crippen molar-refractivity contribution in [3.63, 3.8) is 0 Å². The maximum absolute atomic E-state index is 11.3. The van der Waals surface area contributed by atoms with Gasteiger partial charge < -0.3 is 9.26 Å². The second-order valence-corrected chi connectivity index (χ2v) is 4.28. The zero-order valence-electron chi connectivity index (χ0n) is 10.4. The van der Waals surface area contributed by atoms with Crippen molar-refractivity contribution >= 4 is 27.2 Å². The second kappa shape index (κ2) is 8.18. The molecule has 0 radical (unpaired) electrons. The van der Waals surface area contributed by atoms with Crippen molar-refractivity contribution in [2.75, 3.05) is 0 Å². The molecule has 0 aliphatic rings. The Bertz CT molecular complexity index is 288. The molecule has 5 nitrogen and oxygen atoms in total. The SMILES string of the molecule is CC(C)C(=O)CCCC(=O)O[C@@H](C)C(=O)OP. The molecule has 0 amide bonds. The monoisotopic (exact) mass is 262 g/mol. The predicted molar refractivity (Wildman–Crippen MR) is 65.1 cm³/mol. The Morgan fingerprint density at radius 3 is 2.18 bits per heavy atom. The first-order valence-electron chi connectivity index (χ1n) is 5.51. The molecule has 98 valence electrons. The van der Waals surface area contributed by atoms with Crippen molar-refractivity contribution in [2.45, 2.75) is 46.1 Å². The van der Waals surface area contributed by atoms with Gasteiger partial charge in [0.15, 0.2) is 6.10 Å². The average Bonchev–Trinajstić information content (AvgIpc) is 2.27. The fraction of sp³-hybridized carbons (Fsp3) is 0.727. The summed E-state index contributed by atoms with van der Waals surface area (Å²) in [6.45, 7) is 5.07. The summed E-state index contributed by atoms with van der Waals surface area (Å²) in [5.41, 5.74) is 0. The summed E-state index contributed by atoms with van der Waals surface area (Å²) in [6, 6.07) is 0. The van der Waals surface area contributed by atoms with Gasteiger partial charge in [0, 0.05) is 18.8 Å². The number of ether oxygens (including phenoxy) is 1. The molecule has 0 aromatic rings. The van der Waals surface area contributed by atoms with Gasteiger partial charge in [-0.25, -0.2) is 4.79 Å². The number of carbonyl (C=O) groups excluding carboxylic acids is 3. The molecule has 0 fully saturated rings. The first-order chi connectivity index (χ1) is 7.88. The van der Waals surface area contributed by atoms with Crippen molar-refractivity contribution in [1.82, 2.24) is 0 Å². The minimum absolute atomic E-state index is 0.0166. The van der Waals surface area contributed by atoms with E-state index >= 15 is 0 Å². The Hall–Kier alpha value is -0.960. The quantitative estimate of drug-likeness (QED) is 0.515. The lowest BCUT2D eigenvalue weighted by molar-refractivity contribution is -0.160. The van der Waals surface area contributed by atoms with Crippen LogP contribution in [0, 0.1) is 5.92 Å². The van der Waals surface area contributed by atoms with Crippen molar-refractivity contribution in [3.05, 3.63) is 0 Å². The van der Waals surface area contributed by atoms with Gasteiger partial charge in [-0.05, 0) is 13.3 Å². The van der Waals surface area contributed by atoms with Crippen LogP contribution in [0.2, 0.25) is 0 Å². The summed E-state index contributed by atoms with van der Waals surface area (Å²) < 4.78 is 9.14. The number of rotatable bonds is 7. The fourth-order valence-corrected chi connectivity index (χ4v) is 1.29. The first-order valence-corrected chi connectivity index (χ1v) is 5.98. The molecule has 0 spiro atoms. The summed E-state index contributed by atoms with van der Waals surface area (Å²) >= 11 is 0. The highest BCUT2D eigenvalue weighted by molar-refractivity contribution is 7.10. The second-order valence-electron chi connectivity index (χ2n) is 4.04. The van der Waals surface area contributed by atoms with Crippen molar-refractivity contribution in [1.29, 1.82) is 0 Å². The van der Waals surface area contributed by atoms with Crippen molar-refractivity contribution < 1.29 is 23.6 Å². The molecule has 1 unspecified atom stereocenters. The smallest absolute Gasteiger partial charge is 0.349 e. The zero-order valence-corrected chi connectivity index (χ0v) is 11.5. The van der Waals surface area contributed by atoms with Gasteiger partial charge in [0.25, 0.3) is 0 Å². The van der Waals surface area contributed by atoms with E-state index in [1.165, 1.54) is 6.92 Å². The standard InChI is InChI=1S/C11H19O5P/c1-7(2)9(12)5-4-6-10(13)15-8(3)11(14)16-17/h7-8H,4-6,17H2,1-3H3/t8-/m0/s1. The normalized spacial score (nSPS) is 12.1. The molecule has 0 heterocycles. The number of hydrogen-bond donors (Lipinski definition) is 0. The van der Waals surface area contributed by atoms with Gasteiger partial charge >= 0.3 is 11.9 Å². The van der Waals surface area contributed by atoms with Crippen LogP contribution in [-0.2, 0) is 23.6 Å². The number of Topliss-reactive ketones (excluding diaryl/α,β-unsaturated/α-hetero) is 1. The maximum Gasteiger partial charge on any atom is 0.349 e. The van der Waals surface area contributed by atoms with Crippen LogP contribution in [-0.4, -0.2) is 23.8 Å². The van der Waals surface area contributed by atoms with Gasteiger partial charge in [0.2, 0.25) is 0 Å². The first kappa shape index (κ1) is 16.0. The largest absolute Gasteiger partial charge is 0.451 e. The molecule has 0 N–H and O–H groups in total. The van der Waals surface area contributed by atoms with E-state index in [1.807, 2.05) is 13.8 Å². The molecule has 0 rings (SSSR count). The van der Waals surface area contributed by atoms with Crippen molar-refractivity contribution in [2.24, 2.45) is 5.92 Å². The lowest BCUT2D eigenvalue weighted by atomic mass is 10.0. The van der Waals surface area contributed by atoms with Gasteiger partial charge in [0.05, 0.1) is 9.47 Å². The molecule has 0 aromatic carbocycles. The minimum atomic E-state index is -0.916. The molecule has 0 aliphatic carbocycles. The average molecular weight is 262 g/mol. The van der Waals surface area contributed by atoms with Crippen LogP contribution >= 0.6 is 9.47 Å². The zero-order chi connectivity index (χ0) is 13.4. The van der Waals surface area contributed by atoms with Gasteiger partial charge in [-0.2, -0.15) is 0 Å². The molecule has 0 aliphatic heterocycles. The van der Waals surface area contributed by atoms with E-state index in [4.69, 9.17) is 4.74 Å². The summed E-state index contributed by atoms with van der Waals surface area (Å²) in [7, 11) is 1.80. The van der Waals surface area contributed by atoms with E-state index in [9.17, 15) is 14.4 Å². The third kappa shape index (κ3) is 7.05. The molecule has 2 atom stereocenters. The number of hydrogen-bond acceptors (Lipinski definition) is 5. The molecule has 6 heteroatoms. The Balaban J connectivity index is 3.81. The van der Waals surface area contributed by atoms with E-state index in [0.717, 1.165) is 0 Å². The molecule has 0 bridgehead atoms. The van der Waals surface area contributed by atoms with E-state index in [0.29, 0.717) is 12.8 Å². The van der Waals surface area contributed by atoms with Gasteiger partial charge in [0.1, 0.15) is 5.78 Å². The van der Waals surface area contributed by atoms with E-state index in [2.05, 4.69) is 4.52 Å². The van der Waals surface area contributed by atoms with E-state index in [-0.39, 0.29) is 18.1 Å². The molecular formula is C11H19O5P. The Morgan fingerprint density at radius 1 is 1.12 bits per heavy atom. The van der Waals surface area contributed by atoms with E-state index < -0.39 is 18.0 Å². The van der Waals surface area contributed by atoms with Crippen LogP contribution in [0.15, 0.2) is 0 Å². The maximum atomic E-state index is 11.3. The van der Waals surface area contributed by atoms with Crippen LogP contribution in [0.1, 0.15) is 40.0 Å². The predicted octanol–water partition coefficient (Wildman–Crippen LogP) is 1.65. The fourth-order valence-electron chi connectivity index (χ4n) is 1.10. The van der Waals surface area contributed by atoms with Gasteiger partial charge in [-0.1, -0.05) is 13.8 Å². The Morgan fingerprint density at radius 2 is 1.71 bits per heavy atom. The molecular weight excluding hydrogens is 243 g/mol. The summed E-state index contributed by atoms with van der Waals surface area (Å²) in [5, 5.41) is 0. The Kier molecular flexibility index (Phi) is 7.72. The number of carbonyl (C=O) groups is 3. The van der Waals surface area contributed by atoms with E-state index in [1.54, 1.807) is 9.47 Å². The lowest BCUT2D eigenvalue weighted by Gasteiger charge is -2.10. The summed E-state index contributed by atoms with van der Waals surface area (Å²) in [5.74, 6) is -1.02. The number of esters is 1. The molecule has 0 saturated carbocycles. The van der Waals surface area contributed by atoms with Gasteiger partial charge in [-0.15, -0.1) is 0 Å². The van der Waals surface area contributed by atoms with Crippen molar-refractivity contribution in [3.8, 4) is 0 Å². The topological polar surface area (TPSA) is 69.7 Å². The highest BCUT2D eigenvalue weighted by Gasteiger charge is 2.18. The summed E-state index contributed by atoms with van der Waals surface area (Å²) in [4.78, 5) is 33.5. The van der Waals surface area contributed by atoms with Gasteiger partial charge in [-0.3, -0.25) is 9.59 Å².